The summed E-state index contributed by atoms with van der Waals surface area (Å²) < 4.78 is 9.66. The highest BCUT2D eigenvalue weighted by Crippen LogP contribution is 2.30. The topological polar surface area (TPSA) is 119 Å². The number of carbonyl (C=O) groups is 2. The van der Waals surface area contributed by atoms with E-state index in [-0.39, 0.29) is 23.1 Å². The van der Waals surface area contributed by atoms with Crippen molar-refractivity contribution < 1.29 is 14.3 Å². The fourth-order valence-electron chi connectivity index (χ4n) is 2.42. The molecule has 0 saturated heterocycles. The van der Waals surface area contributed by atoms with Crippen molar-refractivity contribution in [2.24, 2.45) is 5.73 Å². The summed E-state index contributed by atoms with van der Waals surface area (Å²) in [6.45, 7) is 0.630. The second-order valence-electron chi connectivity index (χ2n) is 5.82. The quantitative estimate of drug-likeness (QED) is 0.540. The molecule has 0 saturated carbocycles. The Morgan fingerprint density at radius 2 is 1.89 bits per heavy atom. The van der Waals surface area contributed by atoms with Crippen LogP contribution in [-0.4, -0.2) is 27.8 Å². The molecular weight excluding hydrogens is 378 g/mol. The minimum Gasteiger partial charge on any atom is -0.472 e. The summed E-state index contributed by atoms with van der Waals surface area (Å²) in [5.41, 5.74) is 7.43. The molecule has 0 aliphatic rings. The van der Waals surface area contributed by atoms with Gasteiger partial charge in [0.2, 0.25) is 5.88 Å². The van der Waals surface area contributed by atoms with E-state index in [1.807, 2.05) is 36.4 Å². The van der Waals surface area contributed by atoms with E-state index < -0.39 is 11.9 Å². The lowest BCUT2D eigenvalue weighted by Crippen LogP contribution is -2.31. The van der Waals surface area contributed by atoms with Gasteiger partial charge in [-0.3, -0.25) is 15.1 Å². The van der Waals surface area contributed by atoms with Crippen LogP contribution in [0, 0.1) is 0 Å². The SMILES string of the molecule is NC(=O)c1c(OCc2cccnc2)nsc1NC(=O)NCCc1ccccc1. The van der Waals surface area contributed by atoms with Crippen molar-refractivity contribution in [3.63, 3.8) is 0 Å². The van der Waals surface area contributed by atoms with Crippen LogP contribution in [0.2, 0.25) is 0 Å². The Morgan fingerprint density at radius 1 is 1.11 bits per heavy atom. The van der Waals surface area contributed by atoms with E-state index >= 15 is 0 Å². The molecule has 9 heteroatoms. The summed E-state index contributed by atoms with van der Waals surface area (Å²) in [5, 5.41) is 5.59. The van der Waals surface area contributed by atoms with Gasteiger partial charge in [-0.2, -0.15) is 4.37 Å². The number of rotatable bonds is 8. The largest absolute Gasteiger partial charge is 0.472 e. The second-order valence-corrected chi connectivity index (χ2v) is 6.60. The Hall–Kier alpha value is -3.46. The number of nitrogens with zero attached hydrogens (tertiary/aromatic N) is 2. The molecule has 0 radical (unpaired) electrons. The molecule has 0 aliphatic heterocycles. The third-order valence-corrected chi connectivity index (χ3v) is 4.52. The van der Waals surface area contributed by atoms with Gasteiger partial charge in [-0.05, 0) is 29.6 Å². The third-order valence-electron chi connectivity index (χ3n) is 3.77. The van der Waals surface area contributed by atoms with Crippen LogP contribution in [-0.2, 0) is 13.0 Å². The average molecular weight is 397 g/mol. The number of amides is 3. The Balaban J connectivity index is 1.57. The predicted molar refractivity (Wildman–Crippen MR) is 106 cm³/mol. The van der Waals surface area contributed by atoms with Crippen molar-refractivity contribution in [3.05, 3.63) is 71.5 Å². The Kier molecular flexibility index (Phi) is 6.53. The van der Waals surface area contributed by atoms with E-state index in [1.165, 1.54) is 0 Å². The van der Waals surface area contributed by atoms with Crippen molar-refractivity contribution in [2.75, 3.05) is 11.9 Å². The molecule has 0 bridgehead atoms. The average Bonchev–Trinajstić information content (AvgIpc) is 3.10. The minimum atomic E-state index is -0.727. The van der Waals surface area contributed by atoms with Crippen molar-refractivity contribution >= 4 is 28.5 Å². The van der Waals surface area contributed by atoms with Gasteiger partial charge in [0.1, 0.15) is 17.2 Å². The maximum atomic E-state index is 12.1. The fraction of sp³-hybridized carbons (Fsp3) is 0.158. The Morgan fingerprint density at radius 3 is 2.61 bits per heavy atom. The van der Waals surface area contributed by atoms with Gasteiger partial charge in [0.05, 0.1) is 0 Å². The highest BCUT2D eigenvalue weighted by molar-refractivity contribution is 7.11. The van der Waals surface area contributed by atoms with Gasteiger partial charge in [-0.15, -0.1) is 0 Å². The van der Waals surface area contributed by atoms with Crippen molar-refractivity contribution in [3.8, 4) is 5.88 Å². The van der Waals surface area contributed by atoms with Crippen molar-refractivity contribution in [1.29, 1.82) is 0 Å². The molecule has 0 spiro atoms. The summed E-state index contributed by atoms with van der Waals surface area (Å²) in [7, 11) is 0. The number of anilines is 1. The van der Waals surface area contributed by atoms with Crippen LogP contribution in [0.15, 0.2) is 54.9 Å². The lowest BCUT2D eigenvalue weighted by atomic mass is 10.1. The molecule has 4 N–H and O–H groups in total. The van der Waals surface area contributed by atoms with Crippen LogP contribution in [0.25, 0.3) is 0 Å². The fourth-order valence-corrected chi connectivity index (χ4v) is 3.16. The molecule has 0 atom stereocenters. The summed E-state index contributed by atoms with van der Waals surface area (Å²) in [6, 6.07) is 13.0. The second kappa shape index (κ2) is 9.47. The van der Waals surface area contributed by atoms with Gasteiger partial charge in [0.25, 0.3) is 5.91 Å². The number of benzene rings is 1. The standard InChI is InChI=1S/C19H19N5O3S/c20-16(25)15-17(27-12-14-7-4-9-21-11-14)24-28-18(15)23-19(26)22-10-8-13-5-2-1-3-6-13/h1-7,9,11H,8,10,12H2,(H2,20,25)(H2,22,23,26). The van der Waals surface area contributed by atoms with Gasteiger partial charge in [-0.1, -0.05) is 36.4 Å². The summed E-state index contributed by atoms with van der Waals surface area (Å²) in [6.07, 6.45) is 3.99. The molecule has 144 valence electrons. The van der Waals surface area contributed by atoms with Crippen molar-refractivity contribution in [1.82, 2.24) is 14.7 Å². The highest BCUT2D eigenvalue weighted by Gasteiger charge is 2.22. The van der Waals surface area contributed by atoms with Crippen LogP contribution in [0.1, 0.15) is 21.5 Å². The number of hydrogen-bond acceptors (Lipinski definition) is 6. The van der Waals surface area contributed by atoms with E-state index in [4.69, 9.17) is 10.5 Å². The molecule has 0 fully saturated rings. The van der Waals surface area contributed by atoms with Crippen LogP contribution >= 0.6 is 11.5 Å². The molecular formula is C19H19N5O3S. The number of carbonyl (C=O) groups excluding carboxylic acids is 2. The van der Waals surface area contributed by atoms with Crippen LogP contribution < -0.4 is 21.1 Å². The highest BCUT2D eigenvalue weighted by atomic mass is 32.1. The molecule has 0 unspecified atom stereocenters. The smallest absolute Gasteiger partial charge is 0.319 e. The number of ether oxygens (including phenoxy) is 1. The molecule has 3 amide bonds. The summed E-state index contributed by atoms with van der Waals surface area (Å²) >= 11 is 0.934. The molecule has 3 aromatic rings. The lowest BCUT2D eigenvalue weighted by Gasteiger charge is -2.08. The van der Waals surface area contributed by atoms with Gasteiger partial charge < -0.3 is 15.8 Å². The number of urea groups is 1. The molecule has 0 aliphatic carbocycles. The zero-order chi connectivity index (χ0) is 19.8. The first-order valence-corrected chi connectivity index (χ1v) is 9.31. The number of hydrogen-bond donors (Lipinski definition) is 3. The molecule has 2 heterocycles. The van der Waals surface area contributed by atoms with Crippen molar-refractivity contribution in [2.45, 2.75) is 13.0 Å². The molecule has 3 rings (SSSR count). The summed E-state index contributed by atoms with van der Waals surface area (Å²) in [5.74, 6) is -0.643. The van der Waals surface area contributed by atoms with E-state index in [0.717, 1.165) is 22.7 Å². The first kappa shape index (κ1) is 19.3. The minimum absolute atomic E-state index is 0.0482. The Bertz CT molecular complexity index is 931. The van der Waals surface area contributed by atoms with E-state index in [2.05, 4.69) is 20.0 Å². The molecule has 1 aromatic carbocycles. The molecule has 8 nitrogen and oxygen atoms in total. The number of nitrogens with two attached hydrogens (primary N) is 1. The number of nitrogens with one attached hydrogen (secondary N) is 2. The first-order chi connectivity index (χ1) is 13.6. The van der Waals surface area contributed by atoms with Gasteiger partial charge >= 0.3 is 6.03 Å². The monoisotopic (exact) mass is 397 g/mol. The molecule has 2 aromatic heterocycles. The zero-order valence-corrected chi connectivity index (χ0v) is 15.7. The van der Waals surface area contributed by atoms with Crippen LogP contribution in [0.3, 0.4) is 0 Å². The van der Waals surface area contributed by atoms with E-state index in [9.17, 15) is 9.59 Å². The lowest BCUT2D eigenvalue weighted by molar-refractivity contribution is 0.0996. The van der Waals surface area contributed by atoms with Gasteiger partial charge in [-0.25, -0.2) is 4.79 Å². The normalized spacial score (nSPS) is 10.3. The predicted octanol–water partition coefficient (Wildman–Crippen LogP) is 2.58. The number of pyridine rings is 1. The zero-order valence-electron chi connectivity index (χ0n) is 14.9. The maximum Gasteiger partial charge on any atom is 0.319 e. The maximum absolute atomic E-state index is 12.1. The Labute approximate surface area is 165 Å². The number of primary amides is 1. The summed E-state index contributed by atoms with van der Waals surface area (Å²) in [4.78, 5) is 27.9. The van der Waals surface area contributed by atoms with E-state index in [0.29, 0.717) is 13.0 Å². The van der Waals surface area contributed by atoms with Gasteiger partial charge in [0, 0.05) is 24.5 Å². The molecule has 28 heavy (non-hydrogen) atoms. The van der Waals surface area contributed by atoms with E-state index in [1.54, 1.807) is 18.5 Å². The third kappa shape index (κ3) is 5.27. The first-order valence-electron chi connectivity index (χ1n) is 8.53. The van der Waals surface area contributed by atoms with Crippen LogP contribution in [0.4, 0.5) is 9.80 Å². The van der Waals surface area contributed by atoms with Gasteiger partial charge in [0.15, 0.2) is 0 Å². The number of aromatic nitrogens is 2. The van der Waals surface area contributed by atoms with Crippen LogP contribution in [0.5, 0.6) is 5.88 Å².